The van der Waals surface area contributed by atoms with Crippen molar-refractivity contribution in [2.75, 3.05) is 6.54 Å². The SMILES string of the molecule is CC(C)CN(C(=O)C(C(N)=S)C(C)C)C1CC1. The second-order valence-corrected chi connectivity index (χ2v) is 6.21. The van der Waals surface area contributed by atoms with Gasteiger partial charge in [-0.05, 0) is 24.7 Å². The lowest BCUT2D eigenvalue weighted by atomic mass is 9.94. The fraction of sp³-hybridized carbons (Fsp3) is 0.846. The van der Waals surface area contributed by atoms with Crippen LogP contribution in [0.15, 0.2) is 0 Å². The number of carbonyl (C=O) groups excluding carboxylic acids is 1. The highest BCUT2D eigenvalue weighted by molar-refractivity contribution is 7.80. The van der Waals surface area contributed by atoms with Crippen LogP contribution in [0.4, 0.5) is 0 Å². The molecule has 1 aliphatic rings. The summed E-state index contributed by atoms with van der Waals surface area (Å²) in [6, 6.07) is 0.431. The molecule has 1 aliphatic carbocycles. The number of nitrogens with two attached hydrogens (primary N) is 1. The molecule has 0 aromatic heterocycles. The highest BCUT2D eigenvalue weighted by Crippen LogP contribution is 2.30. The molecule has 4 heteroatoms. The molecule has 17 heavy (non-hydrogen) atoms. The maximum Gasteiger partial charge on any atom is 0.233 e. The summed E-state index contributed by atoms with van der Waals surface area (Å²) in [5, 5.41) is 0. The molecule has 1 fully saturated rings. The van der Waals surface area contributed by atoms with Gasteiger partial charge < -0.3 is 10.6 Å². The summed E-state index contributed by atoms with van der Waals surface area (Å²) in [5.74, 6) is 0.486. The minimum absolute atomic E-state index is 0.128. The molecular formula is C13H24N2OS. The Morgan fingerprint density at radius 1 is 1.35 bits per heavy atom. The highest BCUT2D eigenvalue weighted by atomic mass is 32.1. The zero-order valence-corrected chi connectivity index (χ0v) is 12.1. The Morgan fingerprint density at radius 2 is 1.88 bits per heavy atom. The normalized spacial score (nSPS) is 17.3. The number of amides is 1. The maximum absolute atomic E-state index is 12.5. The Bertz CT molecular complexity index is 298. The number of hydrogen-bond donors (Lipinski definition) is 1. The fourth-order valence-corrected chi connectivity index (χ4v) is 2.49. The molecule has 0 saturated heterocycles. The first-order valence-electron chi connectivity index (χ1n) is 6.44. The number of thiocarbonyl (C=S) groups is 1. The van der Waals surface area contributed by atoms with Crippen molar-refractivity contribution in [2.45, 2.75) is 46.6 Å². The first-order chi connectivity index (χ1) is 7.84. The van der Waals surface area contributed by atoms with Gasteiger partial charge >= 0.3 is 0 Å². The third-order valence-corrected chi connectivity index (χ3v) is 3.33. The van der Waals surface area contributed by atoms with Crippen LogP contribution in [-0.2, 0) is 4.79 Å². The van der Waals surface area contributed by atoms with Gasteiger partial charge in [-0.25, -0.2) is 0 Å². The predicted octanol–water partition coefficient (Wildman–Crippen LogP) is 2.19. The maximum atomic E-state index is 12.5. The summed E-state index contributed by atoms with van der Waals surface area (Å²) >= 11 is 5.04. The van der Waals surface area contributed by atoms with Crippen molar-refractivity contribution in [3.05, 3.63) is 0 Å². The van der Waals surface area contributed by atoms with E-state index in [2.05, 4.69) is 13.8 Å². The van der Waals surface area contributed by atoms with Crippen LogP contribution in [0.25, 0.3) is 0 Å². The zero-order valence-electron chi connectivity index (χ0n) is 11.3. The molecule has 2 N–H and O–H groups in total. The van der Waals surface area contributed by atoms with Crippen LogP contribution in [0.5, 0.6) is 0 Å². The minimum Gasteiger partial charge on any atom is -0.393 e. The molecule has 98 valence electrons. The molecule has 1 atom stereocenters. The summed E-state index contributed by atoms with van der Waals surface area (Å²) in [4.78, 5) is 14.8. The summed E-state index contributed by atoms with van der Waals surface area (Å²) < 4.78 is 0. The lowest BCUT2D eigenvalue weighted by molar-refractivity contribution is -0.135. The van der Waals surface area contributed by atoms with Gasteiger partial charge in [-0.3, -0.25) is 4.79 Å². The summed E-state index contributed by atoms with van der Waals surface area (Å²) in [6.45, 7) is 9.08. The van der Waals surface area contributed by atoms with Crippen LogP contribution in [0.1, 0.15) is 40.5 Å². The van der Waals surface area contributed by atoms with Gasteiger partial charge in [-0.15, -0.1) is 0 Å². The van der Waals surface area contributed by atoms with Gasteiger partial charge in [0.05, 0.1) is 10.9 Å². The Labute approximate surface area is 110 Å². The average molecular weight is 256 g/mol. The summed E-state index contributed by atoms with van der Waals surface area (Å²) in [5.41, 5.74) is 5.71. The molecule has 1 rings (SSSR count). The molecule has 0 heterocycles. The smallest absolute Gasteiger partial charge is 0.233 e. The molecule has 1 unspecified atom stereocenters. The minimum atomic E-state index is -0.302. The third kappa shape index (κ3) is 3.95. The van der Waals surface area contributed by atoms with Crippen LogP contribution in [-0.4, -0.2) is 28.4 Å². The van der Waals surface area contributed by atoms with Gasteiger partial charge in [-0.1, -0.05) is 39.9 Å². The topological polar surface area (TPSA) is 46.3 Å². The van der Waals surface area contributed by atoms with Crippen molar-refractivity contribution in [3.63, 3.8) is 0 Å². The fourth-order valence-electron chi connectivity index (χ4n) is 2.11. The van der Waals surface area contributed by atoms with E-state index in [1.54, 1.807) is 0 Å². The Morgan fingerprint density at radius 3 is 2.18 bits per heavy atom. The van der Waals surface area contributed by atoms with Gasteiger partial charge in [0.25, 0.3) is 0 Å². The Kier molecular flexibility index (Phi) is 4.92. The van der Waals surface area contributed by atoms with Crippen molar-refractivity contribution in [2.24, 2.45) is 23.5 Å². The summed E-state index contributed by atoms with van der Waals surface area (Å²) in [7, 11) is 0. The van der Waals surface area contributed by atoms with E-state index in [1.165, 1.54) is 0 Å². The van der Waals surface area contributed by atoms with Crippen LogP contribution in [0.2, 0.25) is 0 Å². The number of carbonyl (C=O) groups is 1. The highest BCUT2D eigenvalue weighted by Gasteiger charge is 2.37. The zero-order chi connectivity index (χ0) is 13.2. The van der Waals surface area contributed by atoms with Gasteiger partial charge in [0.15, 0.2) is 0 Å². The van der Waals surface area contributed by atoms with Crippen molar-refractivity contribution < 1.29 is 4.79 Å². The van der Waals surface area contributed by atoms with Gasteiger partial charge in [-0.2, -0.15) is 0 Å². The molecule has 0 aromatic rings. The lowest BCUT2D eigenvalue weighted by Crippen LogP contribution is -2.46. The van der Waals surface area contributed by atoms with E-state index in [4.69, 9.17) is 18.0 Å². The first kappa shape index (κ1) is 14.4. The van der Waals surface area contributed by atoms with Gasteiger partial charge in [0.2, 0.25) is 5.91 Å². The lowest BCUT2D eigenvalue weighted by Gasteiger charge is -2.30. The van der Waals surface area contributed by atoms with Gasteiger partial charge in [0.1, 0.15) is 0 Å². The quantitative estimate of drug-likeness (QED) is 0.741. The van der Waals surface area contributed by atoms with Crippen LogP contribution in [0.3, 0.4) is 0 Å². The van der Waals surface area contributed by atoms with Gasteiger partial charge in [0, 0.05) is 12.6 Å². The summed E-state index contributed by atoms with van der Waals surface area (Å²) in [6.07, 6.45) is 2.25. The number of nitrogens with zero attached hydrogens (tertiary/aromatic N) is 1. The van der Waals surface area contributed by atoms with E-state index >= 15 is 0 Å². The van der Waals surface area contributed by atoms with E-state index in [-0.39, 0.29) is 17.7 Å². The molecule has 3 nitrogen and oxygen atoms in total. The van der Waals surface area contributed by atoms with Crippen molar-refractivity contribution in [3.8, 4) is 0 Å². The molecule has 1 saturated carbocycles. The molecule has 0 spiro atoms. The Hall–Kier alpha value is -0.640. The third-order valence-electron chi connectivity index (χ3n) is 3.07. The predicted molar refractivity (Wildman–Crippen MR) is 74.7 cm³/mol. The van der Waals surface area contributed by atoms with E-state index < -0.39 is 0 Å². The van der Waals surface area contributed by atoms with Crippen molar-refractivity contribution in [1.29, 1.82) is 0 Å². The Balaban J connectivity index is 2.78. The molecule has 1 amide bonds. The monoisotopic (exact) mass is 256 g/mol. The number of hydrogen-bond acceptors (Lipinski definition) is 2. The second kappa shape index (κ2) is 5.80. The largest absolute Gasteiger partial charge is 0.393 e. The second-order valence-electron chi connectivity index (χ2n) is 5.74. The van der Waals surface area contributed by atoms with E-state index in [1.807, 2.05) is 18.7 Å². The molecular weight excluding hydrogens is 232 g/mol. The first-order valence-corrected chi connectivity index (χ1v) is 6.85. The standard InChI is InChI=1S/C13H24N2OS/c1-8(2)7-15(10-5-6-10)13(16)11(9(3)4)12(14)17/h8-11H,5-7H2,1-4H3,(H2,14,17). The molecule has 0 aromatic carbocycles. The average Bonchev–Trinajstić information content (AvgIpc) is 2.95. The van der Waals surface area contributed by atoms with E-state index in [0.29, 0.717) is 16.9 Å². The van der Waals surface area contributed by atoms with Crippen molar-refractivity contribution in [1.82, 2.24) is 4.90 Å². The van der Waals surface area contributed by atoms with Crippen molar-refractivity contribution >= 4 is 23.1 Å². The van der Waals surface area contributed by atoms with E-state index in [0.717, 1.165) is 19.4 Å². The number of rotatable bonds is 6. The molecule has 0 radical (unpaired) electrons. The van der Waals surface area contributed by atoms with Crippen LogP contribution >= 0.6 is 12.2 Å². The van der Waals surface area contributed by atoms with Crippen LogP contribution in [0, 0.1) is 17.8 Å². The molecule has 0 bridgehead atoms. The van der Waals surface area contributed by atoms with E-state index in [9.17, 15) is 4.79 Å². The van der Waals surface area contributed by atoms with Crippen LogP contribution < -0.4 is 5.73 Å². The molecule has 0 aliphatic heterocycles.